The first-order valence-corrected chi connectivity index (χ1v) is 8.40. The molecule has 22 heavy (non-hydrogen) atoms. The average Bonchev–Trinajstić information content (AvgIpc) is 2.86. The van der Waals surface area contributed by atoms with Crippen LogP contribution in [0.4, 0.5) is 0 Å². The highest BCUT2D eigenvalue weighted by Crippen LogP contribution is 2.21. The predicted octanol–water partition coefficient (Wildman–Crippen LogP) is 1.51. The first-order valence-electron chi connectivity index (χ1n) is 6.74. The van der Waals surface area contributed by atoms with Crippen molar-refractivity contribution in [1.82, 2.24) is 9.38 Å². The number of fused-ring (bicyclic) bond motifs is 1. The van der Waals surface area contributed by atoms with Crippen LogP contribution in [0.15, 0.2) is 23.4 Å². The zero-order valence-electron chi connectivity index (χ0n) is 12.5. The highest BCUT2D eigenvalue weighted by molar-refractivity contribution is 7.91. The van der Waals surface area contributed by atoms with Crippen molar-refractivity contribution in [2.24, 2.45) is 0 Å². The maximum Gasteiger partial charge on any atom is 0.359 e. The molecule has 0 fully saturated rings. The van der Waals surface area contributed by atoms with E-state index in [2.05, 4.69) is 4.98 Å². The number of ether oxygens (including phenoxy) is 1. The molecule has 118 valence electrons. The smallest absolute Gasteiger partial charge is 0.359 e. The average molecular weight is 324 g/mol. The summed E-state index contributed by atoms with van der Waals surface area (Å²) < 4.78 is 30.8. The molecule has 0 atom stereocenters. The lowest BCUT2D eigenvalue weighted by molar-refractivity contribution is 0.0515. The summed E-state index contributed by atoms with van der Waals surface area (Å²) in [6, 6.07) is 3.02. The number of nitrogens with zero attached hydrogens (tertiary/aromatic N) is 2. The van der Waals surface area contributed by atoms with Gasteiger partial charge in [0.2, 0.25) is 0 Å². The summed E-state index contributed by atoms with van der Waals surface area (Å²) in [5, 5.41) is -0.244. The topological polar surface area (TPSA) is 94.8 Å². The van der Waals surface area contributed by atoms with E-state index in [0.29, 0.717) is 5.56 Å². The Morgan fingerprint density at radius 2 is 1.95 bits per heavy atom. The summed E-state index contributed by atoms with van der Waals surface area (Å²) in [4.78, 5) is 27.5. The normalized spacial score (nSPS) is 11.6. The summed E-state index contributed by atoms with van der Waals surface area (Å²) >= 11 is 0. The molecule has 0 amide bonds. The highest BCUT2D eigenvalue weighted by Gasteiger charge is 2.29. The molecule has 0 N–H and O–H groups in total. The van der Waals surface area contributed by atoms with E-state index >= 15 is 0 Å². The van der Waals surface area contributed by atoms with Gasteiger partial charge in [0.1, 0.15) is 5.65 Å². The van der Waals surface area contributed by atoms with Gasteiger partial charge in [-0.1, -0.05) is 6.92 Å². The molecule has 0 saturated carbocycles. The Hall–Kier alpha value is -2.22. The maximum absolute atomic E-state index is 12.3. The molecule has 0 spiro atoms. The van der Waals surface area contributed by atoms with Crippen LogP contribution < -0.4 is 0 Å². The van der Waals surface area contributed by atoms with Crippen LogP contribution in [-0.4, -0.2) is 41.9 Å². The van der Waals surface area contributed by atoms with E-state index < -0.39 is 15.8 Å². The Labute approximate surface area is 127 Å². The van der Waals surface area contributed by atoms with Gasteiger partial charge in [0, 0.05) is 11.8 Å². The molecule has 0 bridgehead atoms. The first kappa shape index (κ1) is 16.2. The molecule has 0 aromatic carbocycles. The fourth-order valence-electron chi connectivity index (χ4n) is 2.00. The van der Waals surface area contributed by atoms with Crippen LogP contribution in [0.1, 0.15) is 41.6 Å². The van der Waals surface area contributed by atoms with E-state index in [9.17, 15) is 18.0 Å². The van der Waals surface area contributed by atoms with Crippen molar-refractivity contribution >= 4 is 27.2 Å². The number of aromatic nitrogens is 2. The van der Waals surface area contributed by atoms with Crippen LogP contribution in [0.2, 0.25) is 0 Å². The molecule has 2 heterocycles. The summed E-state index contributed by atoms with van der Waals surface area (Å²) in [5.74, 6) is -1.21. The van der Waals surface area contributed by atoms with Crippen LogP contribution >= 0.6 is 0 Å². The maximum atomic E-state index is 12.3. The highest BCUT2D eigenvalue weighted by atomic mass is 32.2. The fraction of sp³-hybridized carbons (Fsp3) is 0.357. The van der Waals surface area contributed by atoms with Gasteiger partial charge in [-0.25, -0.2) is 18.2 Å². The third-order valence-electron chi connectivity index (χ3n) is 3.12. The number of imidazole rings is 1. The number of carbonyl (C=O) groups is 2. The second-order valence-electron chi connectivity index (χ2n) is 4.59. The number of sulfone groups is 1. The molecule has 8 heteroatoms. The molecule has 7 nitrogen and oxygen atoms in total. The van der Waals surface area contributed by atoms with Crippen molar-refractivity contribution in [3.63, 3.8) is 0 Å². The summed E-state index contributed by atoms with van der Waals surface area (Å²) in [6.07, 6.45) is 1.37. The number of hydrogen-bond donors (Lipinski definition) is 0. The molecule has 2 aromatic rings. The van der Waals surface area contributed by atoms with E-state index in [4.69, 9.17) is 4.74 Å². The van der Waals surface area contributed by atoms with Crippen LogP contribution in [-0.2, 0) is 14.6 Å². The Morgan fingerprint density at radius 1 is 1.27 bits per heavy atom. The molecular formula is C14H16N2O5S. The lowest BCUT2D eigenvalue weighted by Crippen LogP contribution is -2.15. The third-order valence-corrected chi connectivity index (χ3v) is 4.86. The minimum atomic E-state index is -3.73. The van der Waals surface area contributed by atoms with Crippen molar-refractivity contribution in [3.05, 3.63) is 29.6 Å². The Bertz CT molecular complexity index is 851. The van der Waals surface area contributed by atoms with Crippen molar-refractivity contribution in [3.8, 4) is 0 Å². The van der Waals surface area contributed by atoms with Gasteiger partial charge in [0.15, 0.2) is 26.3 Å². The second kappa shape index (κ2) is 5.88. The van der Waals surface area contributed by atoms with Gasteiger partial charge in [-0.3, -0.25) is 9.20 Å². The molecule has 0 aliphatic rings. The van der Waals surface area contributed by atoms with Gasteiger partial charge < -0.3 is 4.74 Å². The molecule has 0 radical (unpaired) electrons. The number of ketones is 1. The zero-order valence-corrected chi connectivity index (χ0v) is 13.3. The lowest BCUT2D eigenvalue weighted by atomic mass is 10.2. The number of hydrogen-bond acceptors (Lipinski definition) is 6. The van der Waals surface area contributed by atoms with Gasteiger partial charge >= 0.3 is 5.97 Å². The van der Waals surface area contributed by atoms with Crippen LogP contribution in [0, 0.1) is 0 Å². The standard InChI is InChI=1S/C14H16N2O5S/c1-4-21-14(18)12-13(22(19,20)5-2)16-8-10(9(3)17)6-7-11(16)15-12/h6-8H,4-5H2,1-3H3. The lowest BCUT2D eigenvalue weighted by Gasteiger charge is -2.05. The summed E-state index contributed by atoms with van der Waals surface area (Å²) in [5.41, 5.74) is 0.331. The monoisotopic (exact) mass is 324 g/mol. The molecule has 2 aromatic heterocycles. The largest absolute Gasteiger partial charge is 0.461 e. The number of pyridine rings is 1. The zero-order chi connectivity index (χ0) is 16.5. The van der Waals surface area contributed by atoms with Crippen molar-refractivity contribution in [1.29, 1.82) is 0 Å². The quantitative estimate of drug-likeness (QED) is 0.611. The van der Waals surface area contributed by atoms with E-state index in [0.717, 1.165) is 0 Å². The van der Waals surface area contributed by atoms with Gasteiger partial charge in [-0.15, -0.1) is 0 Å². The molecule has 0 unspecified atom stereocenters. The van der Waals surface area contributed by atoms with Gasteiger partial charge in [0.05, 0.1) is 12.4 Å². The second-order valence-corrected chi connectivity index (χ2v) is 6.79. The molecule has 0 saturated heterocycles. The Morgan fingerprint density at radius 3 is 2.50 bits per heavy atom. The van der Waals surface area contributed by atoms with E-state index in [1.54, 1.807) is 6.92 Å². The summed E-state index contributed by atoms with van der Waals surface area (Å²) in [6.45, 7) is 4.57. The van der Waals surface area contributed by atoms with Crippen LogP contribution in [0.3, 0.4) is 0 Å². The van der Waals surface area contributed by atoms with Crippen LogP contribution in [0.5, 0.6) is 0 Å². The number of carbonyl (C=O) groups excluding carboxylic acids is 2. The molecular weight excluding hydrogens is 308 g/mol. The van der Waals surface area contributed by atoms with Crippen LogP contribution in [0.25, 0.3) is 5.65 Å². The number of esters is 1. The van der Waals surface area contributed by atoms with Crippen molar-refractivity contribution < 1.29 is 22.7 Å². The van der Waals surface area contributed by atoms with Crippen molar-refractivity contribution in [2.45, 2.75) is 25.8 Å². The number of rotatable bonds is 5. The molecule has 2 rings (SSSR count). The minimum absolute atomic E-state index is 0.108. The fourth-order valence-corrected chi connectivity index (χ4v) is 3.14. The van der Waals surface area contributed by atoms with E-state index in [-0.39, 0.29) is 34.5 Å². The third kappa shape index (κ3) is 2.74. The molecule has 0 aliphatic heterocycles. The minimum Gasteiger partial charge on any atom is -0.461 e. The summed E-state index contributed by atoms with van der Waals surface area (Å²) in [7, 11) is -3.73. The van der Waals surface area contributed by atoms with Gasteiger partial charge in [-0.2, -0.15) is 0 Å². The molecule has 0 aliphatic carbocycles. The van der Waals surface area contributed by atoms with Gasteiger partial charge in [0.25, 0.3) is 0 Å². The predicted molar refractivity (Wildman–Crippen MR) is 78.9 cm³/mol. The first-order chi connectivity index (χ1) is 10.3. The Kier molecular flexibility index (Phi) is 4.32. The SMILES string of the molecule is CCOC(=O)c1nc2ccc(C(C)=O)cn2c1S(=O)(=O)CC. The Balaban J connectivity index is 2.83. The van der Waals surface area contributed by atoms with Gasteiger partial charge in [-0.05, 0) is 26.0 Å². The van der Waals surface area contributed by atoms with E-state index in [1.165, 1.54) is 36.6 Å². The van der Waals surface area contributed by atoms with E-state index in [1.807, 2.05) is 0 Å². The van der Waals surface area contributed by atoms with Crippen molar-refractivity contribution in [2.75, 3.05) is 12.4 Å². The number of Topliss-reactive ketones (excluding diaryl/α,β-unsaturated/α-hetero) is 1.